The van der Waals surface area contributed by atoms with Gasteiger partial charge in [-0.25, -0.2) is 9.97 Å². The molecule has 0 fully saturated rings. The van der Waals surface area contributed by atoms with E-state index in [-0.39, 0.29) is 5.69 Å². The Morgan fingerprint density at radius 1 is 1.07 bits per heavy atom. The summed E-state index contributed by atoms with van der Waals surface area (Å²) >= 11 is 0. The quantitative estimate of drug-likeness (QED) is 0.545. The molecule has 158 valence electrons. The van der Waals surface area contributed by atoms with E-state index in [1.54, 1.807) is 19.1 Å². The Labute approximate surface area is 171 Å². The van der Waals surface area contributed by atoms with Crippen molar-refractivity contribution in [1.29, 1.82) is 0 Å². The van der Waals surface area contributed by atoms with E-state index in [9.17, 15) is 13.2 Å². The van der Waals surface area contributed by atoms with E-state index in [1.807, 2.05) is 0 Å². The van der Waals surface area contributed by atoms with Gasteiger partial charge in [0.2, 0.25) is 0 Å². The Morgan fingerprint density at radius 2 is 1.73 bits per heavy atom. The zero-order valence-corrected chi connectivity index (χ0v) is 16.7. The molecule has 1 atom stereocenters. The molecule has 0 amide bonds. The van der Waals surface area contributed by atoms with Crippen LogP contribution < -0.4 is 20.5 Å². The fourth-order valence-electron chi connectivity index (χ4n) is 3.05. The lowest BCUT2D eigenvalue weighted by Gasteiger charge is -2.19. The Morgan fingerprint density at radius 3 is 2.33 bits per heavy atom. The van der Waals surface area contributed by atoms with Gasteiger partial charge in [0.1, 0.15) is 5.82 Å². The van der Waals surface area contributed by atoms with E-state index in [4.69, 9.17) is 15.2 Å². The highest BCUT2D eigenvalue weighted by Gasteiger charge is 2.31. The second kappa shape index (κ2) is 8.10. The summed E-state index contributed by atoms with van der Waals surface area (Å²) in [7, 11) is 3.02. The minimum Gasteiger partial charge on any atom is -0.493 e. The minimum atomic E-state index is -4.49. The van der Waals surface area contributed by atoms with Crippen molar-refractivity contribution in [3.05, 3.63) is 53.9 Å². The van der Waals surface area contributed by atoms with Crippen molar-refractivity contribution in [3.63, 3.8) is 0 Å². The lowest BCUT2D eigenvalue weighted by molar-refractivity contribution is -0.137. The van der Waals surface area contributed by atoms with E-state index >= 15 is 0 Å². The lowest BCUT2D eigenvalue weighted by Crippen LogP contribution is -2.13. The molecule has 0 saturated carbocycles. The van der Waals surface area contributed by atoms with Gasteiger partial charge in [-0.15, -0.1) is 0 Å². The monoisotopic (exact) mass is 418 g/mol. The smallest absolute Gasteiger partial charge is 0.416 e. The molecule has 0 radical (unpaired) electrons. The molecule has 3 aromatic rings. The predicted molar refractivity (Wildman–Crippen MR) is 111 cm³/mol. The molecule has 3 rings (SSSR count). The lowest BCUT2D eigenvalue weighted by atomic mass is 10.0. The van der Waals surface area contributed by atoms with Crippen molar-refractivity contribution in [2.24, 2.45) is 0 Å². The standard InChI is InChI=1S/C21H21F3N4O2/c1-5-19-27-16-10-18(30-4)17(29-3)9-15(16)20(28-19)26-11(2)12-6-13(21(22,23)24)8-14(25)7-12/h5-11H,1,25H2,2-4H3,(H,26,27,28)/t11-/m1/s1. The maximum absolute atomic E-state index is 13.2. The molecule has 0 bridgehead atoms. The maximum Gasteiger partial charge on any atom is 0.416 e. The number of benzene rings is 2. The molecule has 0 saturated heterocycles. The van der Waals surface area contributed by atoms with Gasteiger partial charge in [-0.05, 0) is 42.8 Å². The van der Waals surface area contributed by atoms with Crippen molar-refractivity contribution < 1.29 is 22.6 Å². The number of hydrogen-bond acceptors (Lipinski definition) is 6. The number of alkyl halides is 3. The molecule has 30 heavy (non-hydrogen) atoms. The molecule has 0 aliphatic rings. The van der Waals surface area contributed by atoms with Crippen LogP contribution in [0.1, 0.15) is 29.9 Å². The zero-order valence-electron chi connectivity index (χ0n) is 16.7. The number of fused-ring (bicyclic) bond motifs is 1. The average Bonchev–Trinajstić information content (AvgIpc) is 2.71. The number of anilines is 2. The highest BCUT2D eigenvalue weighted by molar-refractivity contribution is 5.92. The third kappa shape index (κ3) is 4.24. The number of rotatable bonds is 6. The van der Waals surface area contributed by atoms with Gasteiger partial charge in [-0.2, -0.15) is 13.2 Å². The third-order valence-corrected chi connectivity index (χ3v) is 4.56. The van der Waals surface area contributed by atoms with Crippen LogP contribution in [-0.2, 0) is 6.18 Å². The zero-order chi connectivity index (χ0) is 22.1. The first-order valence-corrected chi connectivity index (χ1v) is 8.96. The van der Waals surface area contributed by atoms with Crippen LogP contribution in [0.4, 0.5) is 24.7 Å². The molecule has 1 aromatic heterocycles. The fraction of sp³-hybridized carbons (Fsp3) is 0.238. The molecule has 1 heterocycles. The van der Waals surface area contributed by atoms with Crippen molar-refractivity contribution in [3.8, 4) is 11.5 Å². The van der Waals surface area contributed by atoms with E-state index in [1.165, 1.54) is 26.4 Å². The van der Waals surface area contributed by atoms with Crippen molar-refractivity contribution in [1.82, 2.24) is 9.97 Å². The van der Waals surface area contributed by atoms with Crippen LogP contribution in [0.2, 0.25) is 0 Å². The van der Waals surface area contributed by atoms with Crippen LogP contribution in [0.25, 0.3) is 17.0 Å². The number of ether oxygens (including phenoxy) is 2. The van der Waals surface area contributed by atoms with Gasteiger partial charge in [-0.3, -0.25) is 0 Å². The normalized spacial score (nSPS) is 12.5. The number of aromatic nitrogens is 2. The van der Waals surface area contributed by atoms with Crippen LogP contribution in [0.15, 0.2) is 36.9 Å². The summed E-state index contributed by atoms with van der Waals surface area (Å²) < 4.78 is 50.2. The van der Waals surface area contributed by atoms with Gasteiger partial charge < -0.3 is 20.5 Å². The average molecular weight is 418 g/mol. The van der Waals surface area contributed by atoms with E-state index in [0.717, 1.165) is 12.1 Å². The molecular formula is C21H21F3N4O2. The highest BCUT2D eigenvalue weighted by Crippen LogP contribution is 2.36. The molecule has 0 aliphatic heterocycles. The summed E-state index contributed by atoms with van der Waals surface area (Å²) in [5.74, 6) is 1.73. The first kappa shape index (κ1) is 21.2. The second-order valence-corrected chi connectivity index (χ2v) is 6.61. The van der Waals surface area contributed by atoms with Crippen molar-refractivity contribution in [2.45, 2.75) is 19.1 Å². The molecular weight excluding hydrogens is 397 g/mol. The van der Waals surface area contributed by atoms with Crippen LogP contribution in [-0.4, -0.2) is 24.2 Å². The van der Waals surface area contributed by atoms with Crippen LogP contribution in [0, 0.1) is 0 Å². The van der Waals surface area contributed by atoms with Gasteiger partial charge in [0.15, 0.2) is 17.3 Å². The molecule has 9 heteroatoms. The van der Waals surface area contributed by atoms with Gasteiger partial charge in [0.05, 0.1) is 31.3 Å². The number of hydrogen-bond donors (Lipinski definition) is 2. The van der Waals surface area contributed by atoms with E-state index in [0.29, 0.717) is 39.6 Å². The molecule has 0 unspecified atom stereocenters. The Hall–Kier alpha value is -3.49. The molecule has 6 nitrogen and oxygen atoms in total. The first-order valence-electron chi connectivity index (χ1n) is 8.96. The summed E-state index contributed by atoms with van der Waals surface area (Å²) in [6, 6.07) is 6.34. The summed E-state index contributed by atoms with van der Waals surface area (Å²) in [5.41, 5.74) is 5.85. The number of nitrogen functional groups attached to an aromatic ring is 1. The molecule has 3 N–H and O–H groups in total. The van der Waals surface area contributed by atoms with Crippen molar-refractivity contribution in [2.75, 3.05) is 25.3 Å². The Bertz CT molecular complexity index is 1100. The highest BCUT2D eigenvalue weighted by atomic mass is 19.4. The topological polar surface area (TPSA) is 82.3 Å². The van der Waals surface area contributed by atoms with E-state index in [2.05, 4.69) is 21.9 Å². The van der Waals surface area contributed by atoms with Crippen LogP contribution >= 0.6 is 0 Å². The van der Waals surface area contributed by atoms with E-state index < -0.39 is 17.8 Å². The predicted octanol–water partition coefficient (Wildman–Crippen LogP) is 5.06. The minimum absolute atomic E-state index is 0.0270. The summed E-state index contributed by atoms with van der Waals surface area (Å²) in [6.45, 7) is 5.41. The number of methoxy groups -OCH3 is 2. The van der Waals surface area contributed by atoms with Crippen molar-refractivity contribution >= 4 is 28.5 Å². The van der Waals surface area contributed by atoms with Gasteiger partial charge in [-0.1, -0.05) is 6.58 Å². The number of nitrogens with two attached hydrogens (primary N) is 1. The number of nitrogens with one attached hydrogen (secondary N) is 1. The number of halogens is 3. The fourth-order valence-corrected chi connectivity index (χ4v) is 3.05. The molecule has 0 spiro atoms. The Kier molecular flexibility index (Phi) is 5.73. The maximum atomic E-state index is 13.2. The second-order valence-electron chi connectivity index (χ2n) is 6.61. The SMILES string of the molecule is C=Cc1nc(N[C@H](C)c2cc(N)cc(C(F)(F)F)c2)c2cc(OC)c(OC)cc2n1. The summed E-state index contributed by atoms with van der Waals surface area (Å²) in [6.07, 6.45) is -3.01. The Balaban J connectivity index is 2.08. The van der Waals surface area contributed by atoms with Gasteiger partial charge >= 0.3 is 6.18 Å². The molecule has 2 aromatic carbocycles. The number of nitrogens with zero attached hydrogens (tertiary/aromatic N) is 2. The summed E-state index contributed by atoms with van der Waals surface area (Å²) in [5, 5.41) is 3.77. The summed E-state index contributed by atoms with van der Waals surface area (Å²) in [4.78, 5) is 8.82. The van der Waals surface area contributed by atoms with Gasteiger partial charge in [0.25, 0.3) is 0 Å². The first-order chi connectivity index (χ1) is 14.2. The molecule has 0 aliphatic carbocycles. The van der Waals surface area contributed by atoms with Crippen LogP contribution in [0.3, 0.4) is 0 Å². The van der Waals surface area contributed by atoms with Crippen LogP contribution in [0.5, 0.6) is 11.5 Å². The largest absolute Gasteiger partial charge is 0.493 e. The van der Waals surface area contributed by atoms with Gasteiger partial charge in [0, 0.05) is 17.1 Å². The third-order valence-electron chi connectivity index (χ3n) is 4.56.